The second kappa shape index (κ2) is 14.6. The van der Waals surface area contributed by atoms with Gasteiger partial charge in [0.1, 0.15) is 12.4 Å². The van der Waals surface area contributed by atoms with Crippen LogP contribution in [-0.4, -0.2) is 100 Å². The average Bonchev–Trinajstić information content (AvgIpc) is 3.31. The van der Waals surface area contributed by atoms with Gasteiger partial charge in [-0.05, 0) is 44.6 Å². The maximum absolute atomic E-state index is 12.1. The fraction of sp³-hybridized carbons (Fsp3) is 0.727. The Bertz CT molecular complexity index is 697. The maximum Gasteiger partial charge on any atom is 0.290 e. The number of nitrogens with zero attached hydrogens (tertiary/aromatic N) is 3. The minimum Gasteiger partial charge on any atom is -0.483 e. The zero-order valence-electron chi connectivity index (χ0n) is 19.3. The van der Waals surface area contributed by atoms with Gasteiger partial charge in [0.05, 0.1) is 6.54 Å². The summed E-state index contributed by atoms with van der Waals surface area (Å²) in [6, 6.07) is 1.11. The second-order valence-electron chi connectivity index (χ2n) is 8.51. The number of imidazole rings is 1. The number of fused-ring (bicyclic) bond motifs is 4. The monoisotopic (exact) mass is 467 g/mol. The van der Waals surface area contributed by atoms with Gasteiger partial charge in [-0.3, -0.25) is 24.2 Å². The smallest absolute Gasteiger partial charge is 0.290 e. The van der Waals surface area contributed by atoms with Crippen molar-refractivity contribution in [2.24, 2.45) is 11.8 Å². The van der Waals surface area contributed by atoms with Crippen LogP contribution in [0.5, 0.6) is 0 Å². The molecule has 0 unspecified atom stereocenters. The topological polar surface area (TPSA) is 148 Å². The Morgan fingerprint density at radius 1 is 1.27 bits per heavy atom. The van der Waals surface area contributed by atoms with Gasteiger partial charge in [-0.15, -0.1) is 0 Å². The molecule has 3 aliphatic rings. The summed E-state index contributed by atoms with van der Waals surface area (Å²) in [4.78, 5) is 41.8. The number of aromatic nitrogens is 2. The number of piperidine rings is 3. The van der Waals surface area contributed by atoms with Gasteiger partial charge in [0.25, 0.3) is 12.9 Å². The molecule has 1 aromatic rings. The lowest BCUT2D eigenvalue weighted by molar-refractivity contribution is -0.127. The number of rotatable bonds is 7. The van der Waals surface area contributed by atoms with Crippen LogP contribution in [0, 0.1) is 11.8 Å². The average molecular weight is 468 g/mol. The Hall–Kier alpha value is -2.50. The molecule has 186 valence electrons. The van der Waals surface area contributed by atoms with Gasteiger partial charge in [-0.25, -0.2) is 4.98 Å². The first kappa shape index (κ1) is 26.7. The van der Waals surface area contributed by atoms with Crippen LogP contribution in [0.3, 0.4) is 0 Å². The normalized spacial score (nSPS) is 26.5. The molecular formula is C22H37N5O6. The number of aromatic amines is 1. The minimum atomic E-state index is -0.250. The predicted molar refractivity (Wildman–Crippen MR) is 120 cm³/mol. The lowest BCUT2D eigenvalue weighted by Gasteiger charge is -2.56. The van der Waals surface area contributed by atoms with Crippen molar-refractivity contribution >= 4 is 18.9 Å². The highest BCUT2D eigenvalue weighted by molar-refractivity contribution is 5.77. The van der Waals surface area contributed by atoms with Crippen LogP contribution in [0.2, 0.25) is 0 Å². The van der Waals surface area contributed by atoms with E-state index in [0.29, 0.717) is 24.6 Å². The Labute approximate surface area is 194 Å². The number of amides is 1. The highest BCUT2D eigenvalue weighted by Crippen LogP contribution is 2.41. The number of nitrogens with one attached hydrogen (secondary N) is 2. The lowest BCUT2D eigenvalue weighted by Crippen LogP contribution is -2.65. The van der Waals surface area contributed by atoms with Gasteiger partial charge >= 0.3 is 0 Å². The second-order valence-corrected chi connectivity index (χ2v) is 8.51. The van der Waals surface area contributed by atoms with Gasteiger partial charge in [0.2, 0.25) is 5.91 Å². The van der Waals surface area contributed by atoms with Crippen molar-refractivity contribution in [3.63, 3.8) is 0 Å². The number of hydrogen-bond donors (Lipinski definition) is 4. The molecule has 0 spiro atoms. The van der Waals surface area contributed by atoms with Crippen LogP contribution in [-0.2, 0) is 25.7 Å². The number of carboxylic acid groups (broad SMARTS) is 2. The highest BCUT2D eigenvalue weighted by atomic mass is 16.5. The summed E-state index contributed by atoms with van der Waals surface area (Å²) < 4.78 is 5.25. The first-order valence-corrected chi connectivity index (χ1v) is 11.5. The van der Waals surface area contributed by atoms with Gasteiger partial charge < -0.3 is 25.3 Å². The molecule has 1 amide bonds. The summed E-state index contributed by atoms with van der Waals surface area (Å²) in [5.74, 6) is 2.42. The van der Waals surface area contributed by atoms with Crippen LogP contribution < -0.4 is 5.32 Å². The Morgan fingerprint density at radius 3 is 2.67 bits per heavy atom. The first-order chi connectivity index (χ1) is 16.1. The number of ether oxygens (including phenoxy) is 1. The van der Waals surface area contributed by atoms with Crippen LogP contribution >= 0.6 is 0 Å². The van der Waals surface area contributed by atoms with Gasteiger partial charge in [0.15, 0.2) is 0 Å². The SMILES string of the molecule is CCOCC(=O)NC[C@H]1[C@H]2C[C@H](CN(Cc3ncc[nH]3)C2)[C@@H]2CCCCN21.O=CO.O=CO. The summed E-state index contributed by atoms with van der Waals surface area (Å²) in [6.07, 6.45) is 8.95. The molecule has 3 aliphatic heterocycles. The zero-order valence-corrected chi connectivity index (χ0v) is 19.3. The van der Waals surface area contributed by atoms with Crippen molar-refractivity contribution < 1.29 is 29.3 Å². The molecule has 33 heavy (non-hydrogen) atoms. The van der Waals surface area contributed by atoms with E-state index in [2.05, 4.69) is 25.1 Å². The molecule has 11 heteroatoms. The molecule has 4 atom stereocenters. The standard InChI is InChI=1S/C20H33N5O2.2CH2O2/c1-2-27-14-20(26)23-10-18-16-9-15(17-5-3-4-8-25(17)18)11-24(12-16)13-19-21-6-7-22-19;2*2-1-3/h6-7,15-18H,2-5,8-14H2,1H3,(H,21,22)(H,23,26);2*1H,(H,2,3)/t15-,16+,17+,18+;;/m1../s1. The summed E-state index contributed by atoms with van der Waals surface area (Å²) in [5.41, 5.74) is 0. The number of likely N-dealkylation sites (tertiary alicyclic amines) is 1. The van der Waals surface area contributed by atoms with E-state index in [1.54, 1.807) is 0 Å². The fourth-order valence-electron chi connectivity index (χ4n) is 5.48. The molecule has 3 fully saturated rings. The van der Waals surface area contributed by atoms with Gasteiger partial charge in [0, 0.05) is 50.7 Å². The van der Waals surface area contributed by atoms with Gasteiger partial charge in [-0.2, -0.15) is 0 Å². The molecule has 0 saturated carbocycles. The van der Waals surface area contributed by atoms with Crippen LogP contribution in [0.4, 0.5) is 0 Å². The summed E-state index contributed by atoms with van der Waals surface area (Å²) >= 11 is 0. The highest BCUT2D eigenvalue weighted by Gasteiger charge is 2.47. The van der Waals surface area contributed by atoms with Crippen molar-refractivity contribution in [1.82, 2.24) is 25.1 Å². The zero-order chi connectivity index (χ0) is 24.1. The Balaban J connectivity index is 0.000000582. The Kier molecular flexibility index (Phi) is 11.8. The van der Waals surface area contributed by atoms with E-state index in [9.17, 15) is 4.79 Å². The number of carbonyl (C=O) groups excluding carboxylic acids is 1. The molecular weight excluding hydrogens is 430 g/mol. The third-order valence-corrected chi connectivity index (χ3v) is 6.57. The van der Waals surface area contributed by atoms with Crippen LogP contribution in [0.25, 0.3) is 0 Å². The summed E-state index contributed by atoms with van der Waals surface area (Å²) in [6.45, 7) is 7.25. The third-order valence-electron chi connectivity index (χ3n) is 6.57. The first-order valence-electron chi connectivity index (χ1n) is 11.5. The molecule has 4 heterocycles. The summed E-state index contributed by atoms with van der Waals surface area (Å²) in [7, 11) is 0. The quantitative estimate of drug-likeness (QED) is 0.424. The molecule has 4 N–H and O–H groups in total. The van der Waals surface area contributed by atoms with E-state index < -0.39 is 0 Å². The number of hydrogen-bond acceptors (Lipinski definition) is 7. The van der Waals surface area contributed by atoms with Crippen LogP contribution in [0.1, 0.15) is 38.4 Å². The lowest BCUT2D eigenvalue weighted by atomic mass is 9.72. The van der Waals surface area contributed by atoms with E-state index in [-0.39, 0.29) is 25.5 Å². The predicted octanol–water partition coefficient (Wildman–Crippen LogP) is 0.639. The molecule has 11 nitrogen and oxygen atoms in total. The van der Waals surface area contributed by atoms with Crippen LogP contribution in [0.15, 0.2) is 12.4 Å². The number of H-pyrrole nitrogens is 1. The molecule has 0 aliphatic carbocycles. The van der Waals surface area contributed by atoms with Crippen molar-refractivity contribution in [1.29, 1.82) is 0 Å². The summed E-state index contributed by atoms with van der Waals surface area (Å²) in [5, 5.41) is 16.9. The van der Waals surface area contributed by atoms with Crippen molar-refractivity contribution in [3.8, 4) is 0 Å². The largest absolute Gasteiger partial charge is 0.483 e. The van der Waals surface area contributed by atoms with Crippen molar-refractivity contribution in [3.05, 3.63) is 18.2 Å². The Morgan fingerprint density at radius 2 is 2.00 bits per heavy atom. The van der Waals surface area contributed by atoms with Gasteiger partial charge in [-0.1, -0.05) is 6.42 Å². The van der Waals surface area contributed by atoms with E-state index >= 15 is 0 Å². The molecule has 0 aromatic carbocycles. The molecule has 4 rings (SSSR count). The maximum atomic E-state index is 12.1. The molecule has 2 bridgehead atoms. The number of carbonyl (C=O) groups is 3. The van der Waals surface area contributed by atoms with E-state index in [4.69, 9.17) is 24.5 Å². The van der Waals surface area contributed by atoms with Crippen molar-refractivity contribution in [2.45, 2.75) is 51.2 Å². The molecule has 0 radical (unpaired) electrons. The van der Waals surface area contributed by atoms with E-state index in [1.807, 2.05) is 19.3 Å². The van der Waals surface area contributed by atoms with E-state index in [1.165, 1.54) is 38.8 Å². The van der Waals surface area contributed by atoms with E-state index in [0.717, 1.165) is 31.4 Å². The fourth-order valence-corrected chi connectivity index (χ4v) is 5.48. The third kappa shape index (κ3) is 8.09. The van der Waals surface area contributed by atoms with Crippen molar-refractivity contribution in [2.75, 3.05) is 39.4 Å². The minimum absolute atomic E-state index is 0.00999. The molecule has 1 aromatic heterocycles. The molecule has 3 saturated heterocycles.